The molecule has 0 saturated carbocycles. The van der Waals surface area contributed by atoms with E-state index in [1.807, 2.05) is 6.07 Å². The summed E-state index contributed by atoms with van der Waals surface area (Å²) in [4.78, 5) is 0. The lowest BCUT2D eigenvalue weighted by Gasteiger charge is -2.26. The summed E-state index contributed by atoms with van der Waals surface area (Å²) >= 11 is 0. The van der Waals surface area contributed by atoms with E-state index in [1.54, 1.807) is 0 Å². The molecule has 1 aliphatic rings. The molecule has 1 aromatic rings. The number of nitrogens with zero attached hydrogens (tertiary/aromatic N) is 1. The van der Waals surface area contributed by atoms with E-state index < -0.39 is 0 Å². The molecule has 3 heteroatoms. The highest BCUT2D eigenvalue weighted by molar-refractivity contribution is 5.37. The van der Waals surface area contributed by atoms with Crippen molar-refractivity contribution in [3.05, 3.63) is 29.8 Å². The van der Waals surface area contributed by atoms with Gasteiger partial charge < -0.3 is 33.2 Å². The molecular formula is C12H18INO. The van der Waals surface area contributed by atoms with Gasteiger partial charge in [0.15, 0.2) is 6.10 Å². The molecule has 1 heterocycles. The van der Waals surface area contributed by atoms with Crippen LogP contribution in [0.2, 0.25) is 0 Å². The van der Waals surface area contributed by atoms with Crippen LogP contribution in [0.4, 0.5) is 0 Å². The van der Waals surface area contributed by atoms with E-state index in [0.717, 1.165) is 23.2 Å². The Balaban J connectivity index is 0.00000112. The van der Waals surface area contributed by atoms with Crippen molar-refractivity contribution < 1.29 is 33.2 Å². The minimum atomic E-state index is 0. The van der Waals surface area contributed by atoms with E-state index in [2.05, 4.69) is 39.3 Å². The molecule has 1 aliphatic heterocycles. The fourth-order valence-corrected chi connectivity index (χ4v) is 1.97. The van der Waals surface area contributed by atoms with Crippen molar-refractivity contribution in [3.8, 4) is 5.75 Å². The molecule has 0 aromatic heterocycles. The number of fused-ring (bicyclic) bond motifs is 1. The Morgan fingerprint density at radius 1 is 1.27 bits per heavy atom. The Labute approximate surface area is 109 Å². The SMILES string of the molecule is C[N+](C)(C)CC1Cc2ccccc2O1.[I-]. The van der Waals surface area contributed by atoms with Crippen LogP contribution < -0.4 is 28.7 Å². The molecule has 1 unspecified atom stereocenters. The number of ether oxygens (including phenoxy) is 1. The predicted molar refractivity (Wildman–Crippen MR) is 57.5 cm³/mol. The van der Waals surface area contributed by atoms with Gasteiger partial charge in [0.2, 0.25) is 0 Å². The van der Waals surface area contributed by atoms with Crippen LogP contribution in [0, 0.1) is 0 Å². The summed E-state index contributed by atoms with van der Waals surface area (Å²) in [5, 5.41) is 0. The molecule has 0 fully saturated rings. The van der Waals surface area contributed by atoms with Crippen molar-refractivity contribution in [3.63, 3.8) is 0 Å². The predicted octanol–water partition coefficient (Wildman–Crippen LogP) is -1.30. The van der Waals surface area contributed by atoms with Crippen molar-refractivity contribution in [2.24, 2.45) is 0 Å². The molecule has 0 amide bonds. The third-order valence-corrected chi connectivity index (χ3v) is 2.47. The molecule has 1 atom stereocenters. The summed E-state index contributed by atoms with van der Waals surface area (Å²) in [6.45, 7) is 1.06. The van der Waals surface area contributed by atoms with Gasteiger partial charge in [0.1, 0.15) is 12.3 Å². The minimum absolute atomic E-state index is 0. The maximum Gasteiger partial charge on any atom is 0.151 e. The second kappa shape index (κ2) is 4.70. The summed E-state index contributed by atoms with van der Waals surface area (Å²) in [5.41, 5.74) is 1.35. The van der Waals surface area contributed by atoms with Gasteiger partial charge in [-0.2, -0.15) is 0 Å². The maximum atomic E-state index is 5.87. The Morgan fingerprint density at radius 3 is 2.53 bits per heavy atom. The van der Waals surface area contributed by atoms with Crippen LogP contribution in [-0.4, -0.2) is 38.3 Å². The topological polar surface area (TPSA) is 9.23 Å². The van der Waals surface area contributed by atoms with E-state index >= 15 is 0 Å². The summed E-state index contributed by atoms with van der Waals surface area (Å²) in [7, 11) is 6.60. The van der Waals surface area contributed by atoms with Gasteiger partial charge in [0.25, 0.3) is 0 Å². The Bertz CT molecular complexity index is 308. The van der Waals surface area contributed by atoms with Gasteiger partial charge in [-0.3, -0.25) is 0 Å². The average molecular weight is 319 g/mol. The molecule has 0 N–H and O–H groups in total. The summed E-state index contributed by atoms with van der Waals surface area (Å²) in [5.74, 6) is 1.07. The molecule has 0 bridgehead atoms. The summed E-state index contributed by atoms with van der Waals surface area (Å²) in [6, 6.07) is 8.33. The molecule has 0 aliphatic carbocycles. The standard InChI is InChI=1S/C12H18NO.HI/c1-13(2,3)9-11-8-10-6-4-5-7-12(10)14-11;/h4-7,11H,8-9H2,1-3H3;1H/q+1;/p-1. The second-order valence-corrected chi connectivity index (χ2v) is 5.02. The number of rotatable bonds is 2. The van der Waals surface area contributed by atoms with Gasteiger partial charge in [0, 0.05) is 6.42 Å². The van der Waals surface area contributed by atoms with Crippen molar-refractivity contribution in [2.45, 2.75) is 12.5 Å². The third-order valence-electron chi connectivity index (χ3n) is 2.47. The van der Waals surface area contributed by atoms with E-state index in [9.17, 15) is 0 Å². The Hall–Kier alpha value is -0.290. The first-order valence-corrected chi connectivity index (χ1v) is 5.10. The number of hydrogen-bond acceptors (Lipinski definition) is 1. The van der Waals surface area contributed by atoms with Gasteiger partial charge in [-0.1, -0.05) is 18.2 Å². The molecule has 0 saturated heterocycles. The number of likely N-dealkylation sites (N-methyl/N-ethyl adjacent to an activating group) is 1. The van der Waals surface area contributed by atoms with Gasteiger partial charge in [-0.05, 0) is 11.6 Å². The third kappa shape index (κ3) is 3.34. The van der Waals surface area contributed by atoms with E-state index in [4.69, 9.17) is 4.74 Å². The van der Waals surface area contributed by atoms with Crippen molar-refractivity contribution in [1.82, 2.24) is 0 Å². The number of halogens is 1. The van der Waals surface area contributed by atoms with Crippen LogP contribution in [0.3, 0.4) is 0 Å². The monoisotopic (exact) mass is 319 g/mol. The summed E-state index contributed by atoms with van der Waals surface area (Å²) in [6.07, 6.45) is 1.42. The number of para-hydroxylation sites is 1. The zero-order valence-corrected chi connectivity index (χ0v) is 11.7. The highest BCUT2D eigenvalue weighted by atomic mass is 127. The minimum Gasteiger partial charge on any atom is -1.00 e. The van der Waals surface area contributed by atoms with Crippen LogP contribution in [0.1, 0.15) is 5.56 Å². The molecule has 0 radical (unpaired) electrons. The molecule has 0 spiro atoms. The van der Waals surface area contributed by atoms with Crippen LogP contribution >= 0.6 is 0 Å². The normalized spacial score (nSPS) is 19.0. The Kier molecular flexibility index (Phi) is 4.00. The largest absolute Gasteiger partial charge is 1.00 e. The lowest BCUT2D eigenvalue weighted by molar-refractivity contribution is -0.873. The second-order valence-electron chi connectivity index (χ2n) is 5.02. The number of benzene rings is 1. The zero-order chi connectivity index (χ0) is 10.2. The highest BCUT2D eigenvalue weighted by Gasteiger charge is 2.27. The fraction of sp³-hybridized carbons (Fsp3) is 0.500. The van der Waals surface area contributed by atoms with Crippen molar-refractivity contribution in [1.29, 1.82) is 0 Å². The zero-order valence-electron chi connectivity index (χ0n) is 9.53. The first kappa shape index (κ1) is 12.8. The maximum absolute atomic E-state index is 5.87. The fourth-order valence-electron chi connectivity index (χ4n) is 1.97. The van der Waals surface area contributed by atoms with Gasteiger partial charge in [-0.25, -0.2) is 0 Å². The quantitative estimate of drug-likeness (QED) is 0.486. The molecule has 2 rings (SSSR count). The van der Waals surface area contributed by atoms with Gasteiger partial charge in [0.05, 0.1) is 21.1 Å². The van der Waals surface area contributed by atoms with Crippen LogP contribution in [0.25, 0.3) is 0 Å². The first-order valence-electron chi connectivity index (χ1n) is 5.10. The molecule has 15 heavy (non-hydrogen) atoms. The number of hydrogen-bond donors (Lipinski definition) is 0. The van der Waals surface area contributed by atoms with Crippen LogP contribution in [0.15, 0.2) is 24.3 Å². The number of quaternary nitrogens is 1. The average Bonchev–Trinajstić information content (AvgIpc) is 2.42. The molecule has 84 valence electrons. The van der Waals surface area contributed by atoms with E-state index in [-0.39, 0.29) is 24.0 Å². The highest BCUT2D eigenvalue weighted by Crippen LogP contribution is 2.28. The van der Waals surface area contributed by atoms with Gasteiger partial charge in [-0.15, -0.1) is 0 Å². The molecule has 2 nitrogen and oxygen atoms in total. The first-order chi connectivity index (χ1) is 6.54. The van der Waals surface area contributed by atoms with Gasteiger partial charge >= 0.3 is 0 Å². The van der Waals surface area contributed by atoms with Crippen LogP contribution in [0.5, 0.6) is 5.75 Å². The lowest BCUT2D eigenvalue weighted by atomic mass is 10.1. The molecular weight excluding hydrogens is 301 g/mol. The smallest absolute Gasteiger partial charge is 0.151 e. The van der Waals surface area contributed by atoms with E-state index in [1.165, 1.54) is 5.56 Å². The van der Waals surface area contributed by atoms with Crippen molar-refractivity contribution in [2.75, 3.05) is 27.7 Å². The Morgan fingerprint density at radius 2 is 1.93 bits per heavy atom. The summed E-state index contributed by atoms with van der Waals surface area (Å²) < 4.78 is 6.82. The van der Waals surface area contributed by atoms with Crippen LogP contribution in [-0.2, 0) is 6.42 Å². The van der Waals surface area contributed by atoms with E-state index in [0.29, 0.717) is 6.10 Å². The lowest BCUT2D eigenvalue weighted by Crippen LogP contribution is -3.00. The molecule has 1 aromatic carbocycles. The van der Waals surface area contributed by atoms with Crippen molar-refractivity contribution >= 4 is 0 Å².